The first-order chi connectivity index (χ1) is 18.8. The van der Waals surface area contributed by atoms with Crippen LogP contribution in [0.5, 0.6) is 11.5 Å². The number of rotatable bonds is 5. The summed E-state index contributed by atoms with van der Waals surface area (Å²) in [5, 5.41) is 16.0. The molecule has 4 aliphatic rings. The predicted molar refractivity (Wildman–Crippen MR) is 142 cm³/mol. The van der Waals surface area contributed by atoms with Crippen molar-refractivity contribution in [3.63, 3.8) is 0 Å². The SMILES string of the molecule is COC(=O)[C@@H]1C(c2ccccc2)=NO[C@H]1c1cc(OC)c(O)c2c1C[C@H]1[C@H]3C=C(OC)C(=O)C[C@@]23CCN1C. The number of carbonyl (C=O) groups excluding carboxylic acids is 2. The minimum Gasteiger partial charge on any atom is -0.504 e. The van der Waals surface area contributed by atoms with Crippen LogP contribution in [-0.2, 0) is 35.7 Å². The van der Waals surface area contributed by atoms with Gasteiger partial charge in [0.25, 0.3) is 0 Å². The Kier molecular flexibility index (Phi) is 6.14. The topological polar surface area (TPSA) is 107 Å². The number of piperidine rings is 1. The number of Topliss-reactive ketones (excluding diaryl/α,β-unsaturated/α-hetero) is 1. The summed E-state index contributed by atoms with van der Waals surface area (Å²) < 4.78 is 16.3. The summed E-state index contributed by atoms with van der Waals surface area (Å²) in [7, 11) is 6.45. The minimum atomic E-state index is -0.823. The molecule has 2 aliphatic heterocycles. The Bertz CT molecular complexity index is 1400. The number of ketones is 1. The highest BCUT2D eigenvalue weighted by Gasteiger charge is 2.58. The number of carbonyl (C=O) groups is 2. The molecule has 0 saturated carbocycles. The van der Waals surface area contributed by atoms with Gasteiger partial charge in [0, 0.05) is 40.5 Å². The van der Waals surface area contributed by atoms with Gasteiger partial charge in [0.2, 0.25) is 0 Å². The number of methoxy groups -OCH3 is 3. The van der Waals surface area contributed by atoms with Gasteiger partial charge >= 0.3 is 5.97 Å². The summed E-state index contributed by atoms with van der Waals surface area (Å²) in [6.07, 6.45) is 2.62. The van der Waals surface area contributed by atoms with Crippen LogP contribution in [0, 0.1) is 11.8 Å². The molecule has 204 valence electrons. The molecule has 5 atom stereocenters. The predicted octanol–water partition coefficient (Wildman–Crippen LogP) is 3.28. The van der Waals surface area contributed by atoms with Crippen molar-refractivity contribution in [1.29, 1.82) is 0 Å². The first kappa shape index (κ1) is 25.4. The zero-order valence-corrected chi connectivity index (χ0v) is 22.5. The molecule has 2 aromatic carbocycles. The van der Waals surface area contributed by atoms with Crippen LogP contribution in [-0.4, -0.2) is 68.4 Å². The van der Waals surface area contributed by atoms with Gasteiger partial charge in [0.15, 0.2) is 29.1 Å². The molecule has 6 rings (SSSR count). The van der Waals surface area contributed by atoms with Gasteiger partial charge in [0.05, 0.1) is 21.3 Å². The summed E-state index contributed by atoms with van der Waals surface area (Å²) in [5.41, 5.74) is 2.88. The molecular formula is C30H32N2O7. The Morgan fingerprint density at radius 2 is 1.95 bits per heavy atom. The lowest BCUT2D eigenvalue weighted by molar-refractivity contribution is -0.146. The van der Waals surface area contributed by atoms with Crippen molar-refractivity contribution in [3.05, 3.63) is 70.5 Å². The number of fused-ring (bicyclic) bond motifs is 1. The summed E-state index contributed by atoms with van der Waals surface area (Å²) >= 11 is 0. The molecule has 2 heterocycles. The molecule has 0 amide bonds. The fourth-order valence-corrected chi connectivity index (χ4v) is 7.20. The van der Waals surface area contributed by atoms with Crippen LogP contribution in [0.1, 0.15) is 41.2 Å². The summed E-state index contributed by atoms with van der Waals surface area (Å²) in [6, 6.07) is 11.2. The number of phenolic OH excluding ortho intramolecular Hbond substituents is 1. The van der Waals surface area contributed by atoms with E-state index in [1.807, 2.05) is 36.4 Å². The average molecular weight is 533 g/mol. The molecule has 2 aromatic rings. The molecule has 9 heteroatoms. The van der Waals surface area contributed by atoms with Crippen LogP contribution < -0.4 is 4.74 Å². The number of esters is 1. The second kappa shape index (κ2) is 9.41. The van der Waals surface area contributed by atoms with Crippen molar-refractivity contribution < 1.29 is 33.7 Å². The van der Waals surface area contributed by atoms with Gasteiger partial charge in [0.1, 0.15) is 11.6 Å². The van der Waals surface area contributed by atoms with Crippen LogP contribution in [0.3, 0.4) is 0 Å². The fraction of sp³-hybridized carbons (Fsp3) is 0.433. The maximum Gasteiger partial charge on any atom is 0.319 e. The molecule has 1 saturated heterocycles. The fourth-order valence-electron chi connectivity index (χ4n) is 7.20. The van der Waals surface area contributed by atoms with Crippen LogP contribution >= 0.6 is 0 Å². The van der Waals surface area contributed by atoms with Crippen molar-refractivity contribution in [3.8, 4) is 11.5 Å². The molecule has 1 fully saturated rings. The number of hydrogen-bond acceptors (Lipinski definition) is 9. The lowest BCUT2D eigenvalue weighted by Crippen LogP contribution is -2.60. The van der Waals surface area contributed by atoms with Crippen molar-refractivity contribution in [2.24, 2.45) is 17.0 Å². The minimum absolute atomic E-state index is 0.0307. The molecule has 0 unspecified atom stereocenters. The molecule has 9 nitrogen and oxygen atoms in total. The number of nitrogens with zero attached hydrogens (tertiary/aromatic N) is 2. The Balaban J connectivity index is 1.56. The molecule has 0 aromatic heterocycles. The van der Waals surface area contributed by atoms with Crippen molar-refractivity contribution in [1.82, 2.24) is 4.90 Å². The molecule has 0 radical (unpaired) electrons. The van der Waals surface area contributed by atoms with E-state index in [9.17, 15) is 14.7 Å². The van der Waals surface area contributed by atoms with E-state index in [0.717, 1.165) is 17.7 Å². The van der Waals surface area contributed by atoms with Crippen LogP contribution in [0.2, 0.25) is 0 Å². The number of allylic oxidation sites excluding steroid dienone is 1. The van der Waals surface area contributed by atoms with E-state index < -0.39 is 23.4 Å². The molecule has 1 N–H and O–H groups in total. The number of likely N-dealkylation sites (tertiary alicyclic amines) is 1. The van der Waals surface area contributed by atoms with E-state index >= 15 is 0 Å². The highest BCUT2D eigenvalue weighted by atomic mass is 16.6. The van der Waals surface area contributed by atoms with E-state index in [1.165, 1.54) is 21.3 Å². The molecule has 2 aliphatic carbocycles. The second-order valence-corrected chi connectivity index (χ2v) is 10.8. The van der Waals surface area contributed by atoms with Gasteiger partial charge < -0.3 is 29.1 Å². The van der Waals surface area contributed by atoms with Gasteiger partial charge in [-0.3, -0.25) is 9.59 Å². The number of oxime groups is 1. The van der Waals surface area contributed by atoms with Crippen LogP contribution in [0.25, 0.3) is 0 Å². The number of likely N-dealkylation sites (N-methyl/N-ethyl adjacent to an activating group) is 1. The number of hydrogen-bond donors (Lipinski definition) is 1. The molecule has 39 heavy (non-hydrogen) atoms. The van der Waals surface area contributed by atoms with Crippen LogP contribution in [0.4, 0.5) is 0 Å². The smallest absolute Gasteiger partial charge is 0.319 e. The maximum atomic E-state index is 13.2. The lowest BCUT2D eigenvalue weighted by Gasteiger charge is -2.57. The Morgan fingerprint density at radius 1 is 1.18 bits per heavy atom. The van der Waals surface area contributed by atoms with Crippen molar-refractivity contribution in [2.75, 3.05) is 34.9 Å². The Labute approximate surface area is 227 Å². The first-order valence-corrected chi connectivity index (χ1v) is 13.1. The van der Waals surface area contributed by atoms with Gasteiger partial charge in [-0.15, -0.1) is 0 Å². The van der Waals surface area contributed by atoms with Gasteiger partial charge in [-0.1, -0.05) is 35.5 Å². The largest absolute Gasteiger partial charge is 0.504 e. The maximum absolute atomic E-state index is 13.2. The van der Waals surface area contributed by atoms with Gasteiger partial charge in [-0.2, -0.15) is 0 Å². The van der Waals surface area contributed by atoms with Gasteiger partial charge in [-0.05, 0) is 44.1 Å². The summed E-state index contributed by atoms with van der Waals surface area (Å²) in [5.74, 6) is -0.756. The van der Waals surface area contributed by atoms with E-state index in [2.05, 4.69) is 17.1 Å². The zero-order valence-electron chi connectivity index (χ0n) is 22.5. The number of phenols is 1. The third-order valence-electron chi connectivity index (χ3n) is 9.06. The monoisotopic (exact) mass is 532 g/mol. The third-order valence-corrected chi connectivity index (χ3v) is 9.06. The lowest BCUT2D eigenvalue weighted by atomic mass is 9.53. The standard InChI is InChI=1S/C30H32N2O7/c1-32-11-10-30-15-21(33)22(36-2)14-19(30)20(32)12-17-18(13-23(37-3)27(34)25(17)30)28-24(29(35)38-4)26(31-39-28)16-8-6-5-7-9-16/h5-9,13-14,19-20,24,28,34H,10-12,15H2,1-4H3/t19-,20+,24-,28+,30-/m1/s1. The van der Waals surface area contributed by atoms with Crippen LogP contribution in [0.15, 0.2) is 53.4 Å². The summed E-state index contributed by atoms with van der Waals surface area (Å²) in [6.45, 7) is 0.780. The molecule has 0 spiro atoms. The van der Waals surface area contributed by atoms with E-state index in [1.54, 1.807) is 6.07 Å². The normalized spacial score (nSPS) is 29.4. The van der Waals surface area contributed by atoms with Crippen molar-refractivity contribution in [2.45, 2.75) is 36.8 Å². The van der Waals surface area contributed by atoms with Gasteiger partial charge in [-0.25, -0.2) is 0 Å². The summed E-state index contributed by atoms with van der Waals surface area (Å²) in [4.78, 5) is 34.8. The quantitative estimate of drug-likeness (QED) is 0.585. The van der Waals surface area contributed by atoms with E-state index in [0.29, 0.717) is 35.4 Å². The molecule has 2 bridgehead atoms. The van der Waals surface area contributed by atoms with E-state index in [-0.39, 0.29) is 35.7 Å². The molecular weight excluding hydrogens is 500 g/mol. The van der Waals surface area contributed by atoms with E-state index in [4.69, 9.17) is 19.0 Å². The first-order valence-electron chi connectivity index (χ1n) is 13.1. The highest BCUT2D eigenvalue weighted by Crippen LogP contribution is 2.59. The zero-order chi connectivity index (χ0) is 27.5. The average Bonchev–Trinajstić information content (AvgIpc) is 3.39. The Morgan fingerprint density at radius 3 is 2.64 bits per heavy atom. The number of aromatic hydroxyl groups is 1. The highest BCUT2D eigenvalue weighted by molar-refractivity contribution is 6.13. The van der Waals surface area contributed by atoms with Crippen molar-refractivity contribution >= 4 is 17.5 Å². The number of benzene rings is 2. The third kappa shape index (κ3) is 3.66. The number of ether oxygens (including phenoxy) is 3. The second-order valence-electron chi connectivity index (χ2n) is 10.8. The Hall–Kier alpha value is -3.85.